The third-order valence-electron chi connectivity index (χ3n) is 4.59. The van der Waals surface area contributed by atoms with E-state index < -0.39 is 0 Å². The van der Waals surface area contributed by atoms with Crippen molar-refractivity contribution in [3.8, 4) is 0 Å². The van der Waals surface area contributed by atoms with Gasteiger partial charge in [0.25, 0.3) is 0 Å². The van der Waals surface area contributed by atoms with Crippen molar-refractivity contribution in [3.05, 3.63) is 35.4 Å². The van der Waals surface area contributed by atoms with E-state index in [4.69, 9.17) is 10.5 Å². The van der Waals surface area contributed by atoms with E-state index >= 15 is 0 Å². The molecule has 0 spiro atoms. The molecule has 1 heterocycles. The number of likely N-dealkylation sites (N-methyl/N-ethyl adjacent to an activating group) is 1. The van der Waals surface area contributed by atoms with E-state index in [0.717, 1.165) is 19.5 Å². The summed E-state index contributed by atoms with van der Waals surface area (Å²) < 4.78 is 6.26. The molecule has 0 aromatic heterocycles. The zero-order valence-electron chi connectivity index (χ0n) is 14.1. The van der Waals surface area contributed by atoms with Crippen molar-refractivity contribution in [1.29, 1.82) is 0 Å². The summed E-state index contributed by atoms with van der Waals surface area (Å²) in [6.07, 6.45) is 1.07. The van der Waals surface area contributed by atoms with Gasteiger partial charge >= 0.3 is 0 Å². The Balaban J connectivity index is 2.20. The summed E-state index contributed by atoms with van der Waals surface area (Å²) in [5, 5.41) is 0. The van der Waals surface area contributed by atoms with Gasteiger partial charge < -0.3 is 10.5 Å². The first-order valence-electron chi connectivity index (χ1n) is 8.00. The monoisotopic (exact) mass is 290 g/mol. The molecule has 0 radical (unpaired) electrons. The number of benzene rings is 1. The smallest absolute Gasteiger partial charge is 0.0789 e. The van der Waals surface area contributed by atoms with Crippen LogP contribution in [0, 0.1) is 0 Å². The highest BCUT2D eigenvalue weighted by molar-refractivity contribution is 5.27. The topological polar surface area (TPSA) is 38.5 Å². The van der Waals surface area contributed by atoms with Gasteiger partial charge in [-0.1, -0.05) is 31.2 Å². The van der Waals surface area contributed by atoms with Crippen molar-refractivity contribution < 1.29 is 4.74 Å². The van der Waals surface area contributed by atoms with Crippen LogP contribution < -0.4 is 5.73 Å². The summed E-state index contributed by atoms with van der Waals surface area (Å²) in [5.74, 6) is 0. The largest absolute Gasteiger partial charge is 0.368 e. The van der Waals surface area contributed by atoms with Crippen LogP contribution in [0.1, 0.15) is 52.2 Å². The van der Waals surface area contributed by atoms with E-state index in [1.54, 1.807) is 0 Å². The van der Waals surface area contributed by atoms with Crippen molar-refractivity contribution in [1.82, 2.24) is 4.90 Å². The molecule has 118 valence electrons. The van der Waals surface area contributed by atoms with Crippen LogP contribution in [0.4, 0.5) is 0 Å². The maximum atomic E-state index is 6.26. The SMILES string of the molecule is CCN(Cc1ccccc1CN)C1CC(C)(C)OC1(C)C. The number of nitrogens with two attached hydrogens (primary N) is 1. The van der Waals surface area contributed by atoms with E-state index in [-0.39, 0.29) is 11.2 Å². The lowest BCUT2D eigenvalue weighted by Gasteiger charge is -2.36. The second-order valence-electron chi connectivity index (χ2n) is 7.22. The van der Waals surface area contributed by atoms with Gasteiger partial charge in [0.15, 0.2) is 0 Å². The van der Waals surface area contributed by atoms with Crippen LogP contribution in [-0.2, 0) is 17.8 Å². The zero-order chi connectivity index (χ0) is 15.7. The fourth-order valence-electron chi connectivity index (χ4n) is 3.67. The molecular weight excluding hydrogens is 260 g/mol. The Hall–Kier alpha value is -0.900. The van der Waals surface area contributed by atoms with Crippen molar-refractivity contribution in [2.75, 3.05) is 6.54 Å². The Bertz CT molecular complexity index is 482. The van der Waals surface area contributed by atoms with Crippen LogP contribution in [0.15, 0.2) is 24.3 Å². The molecule has 3 heteroatoms. The van der Waals surface area contributed by atoms with Gasteiger partial charge in [0.05, 0.1) is 11.2 Å². The van der Waals surface area contributed by atoms with Crippen molar-refractivity contribution in [2.45, 2.75) is 71.4 Å². The lowest BCUT2D eigenvalue weighted by atomic mass is 9.92. The molecule has 0 aliphatic carbocycles. The predicted octanol–water partition coefficient (Wildman–Crippen LogP) is 3.31. The average molecular weight is 290 g/mol. The molecule has 1 aromatic carbocycles. The second kappa shape index (κ2) is 6.07. The lowest BCUT2D eigenvalue weighted by Crippen LogP contribution is -2.46. The molecular formula is C18H30N2O. The summed E-state index contributed by atoms with van der Waals surface area (Å²) in [5.41, 5.74) is 8.29. The first-order chi connectivity index (χ1) is 9.79. The molecule has 1 unspecified atom stereocenters. The van der Waals surface area contributed by atoms with E-state index in [2.05, 4.69) is 63.8 Å². The molecule has 2 N–H and O–H groups in total. The zero-order valence-corrected chi connectivity index (χ0v) is 14.1. The summed E-state index contributed by atoms with van der Waals surface area (Å²) in [6, 6.07) is 8.92. The van der Waals surface area contributed by atoms with Gasteiger partial charge in [0.2, 0.25) is 0 Å². The Morgan fingerprint density at radius 1 is 1.19 bits per heavy atom. The van der Waals surface area contributed by atoms with Gasteiger partial charge in [-0.3, -0.25) is 4.90 Å². The number of hydrogen-bond donors (Lipinski definition) is 1. The molecule has 0 saturated carbocycles. The Kier molecular flexibility index (Phi) is 4.76. The highest BCUT2D eigenvalue weighted by Crippen LogP contribution is 2.40. The molecule has 1 atom stereocenters. The van der Waals surface area contributed by atoms with Gasteiger partial charge in [-0.05, 0) is 51.8 Å². The normalized spacial score (nSPS) is 23.7. The highest BCUT2D eigenvalue weighted by Gasteiger charge is 2.47. The first kappa shape index (κ1) is 16.5. The standard InChI is InChI=1S/C18H30N2O/c1-6-20(13-15-10-8-7-9-14(15)12-19)16-11-17(2,3)21-18(16,4)5/h7-10,16H,6,11-13,19H2,1-5H3. The Labute approximate surface area is 129 Å². The summed E-state index contributed by atoms with van der Waals surface area (Å²) in [4.78, 5) is 2.53. The Morgan fingerprint density at radius 3 is 2.29 bits per heavy atom. The van der Waals surface area contributed by atoms with Crippen molar-refractivity contribution >= 4 is 0 Å². The van der Waals surface area contributed by atoms with Crippen LogP contribution in [-0.4, -0.2) is 28.7 Å². The van der Waals surface area contributed by atoms with Gasteiger partial charge in [-0.25, -0.2) is 0 Å². The van der Waals surface area contributed by atoms with Gasteiger partial charge in [0.1, 0.15) is 0 Å². The molecule has 2 rings (SSSR count). The fourth-order valence-corrected chi connectivity index (χ4v) is 3.67. The number of hydrogen-bond acceptors (Lipinski definition) is 3. The van der Waals surface area contributed by atoms with Gasteiger partial charge in [-0.2, -0.15) is 0 Å². The molecule has 1 aliphatic heterocycles. The van der Waals surface area contributed by atoms with E-state index in [1.165, 1.54) is 11.1 Å². The molecule has 0 bridgehead atoms. The number of ether oxygens (including phenoxy) is 1. The molecule has 1 saturated heterocycles. The van der Waals surface area contributed by atoms with Crippen LogP contribution in [0.2, 0.25) is 0 Å². The highest BCUT2D eigenvalue weighted by atomic mass is 16.5. The van der Waals surface area contributed by atoms with E-state index in [1.807, 2.05) is 0 Å². The molecule has 0 amide bonds. The summed E-state index contributed by atoms with van der Waals surface area (Å²) >= 11 is 0. The summed E-state index contributed by atoms with van der Waals surface area (Å²) in [6.45, 7) is 13.6. The Morgan fingerprint density at radius 2 is 1.81 bits per heavy atom. The average Bonchev–Trinajstić information content (AvgIpc) is 2.64. The maximum Gasteiger partial charge on any atom is 0.0789 e. The third-order valence-corrected chi connectivity index (χ3v) is 4.59. The van der Waals surface area contributed by atoms with Crippen LogP contribution in [0.3, 0.4) is 0 Å². The van der Waals surface area contributed by atoms with Crippen LogP contribution in [0.5, 0.6) is 0 Å². The van der Waals surface area contributed by atoms with Crippen molar-refractivity contribution in [2.24, 2.45) is 5.73 Å². The molecule has 1 aliphatic rings. The van der Waals surface area contributed by atoms with E-state index in [0.29, 0.717) is 12.6 Å². The van der Waals surface area contributed by atoms with E-state index in [9.17, 15) is 0 Å². The molecule has 1 aromatic rings. The summed E-state index contributed by atoms with van der Waals surface area (Å²) in [7, 11) is 0. The second-order valence-corrected chi connectivity index (χ2v) is 7.22. The third kappa shape index (κ3) is 3.65. The number of rotatable bonds is 5. The van der Waals surface area contributed by atoms with Gasteiger partial charge in [0, 0.05) is 19.1 Å². The van der Waals surface area contributed by atoms with Crippen molar-refractivity contribution in [3.63, 3.8) is 0 Å². The predicted molar refractivity (Wildman–Crippen MR) is 88.1 cm³/mol. The van der Waals surface area contributed by atoms with Crippen LogP contribution in [0.25, 0.3) is 0 Å². The van der Waals surface area contributed by atoms with Gasteiger partial charge in [-0.15, -0.1) is 0 Å². The lowest BCUT2D eigenvalue weighted by molar-refractivity contribution is -0.0809. The molecule has 21 heavy (non-hydrogen) atoms. The minimum Gasteiger partial charge on any atom is -0.368 e. The molecule has 3 nitrogen and oxygen atoms in total. The number of nitrogens with zero attached hydrogens (tertiary/aromatic N) is 1. The minimum atomic E-state index is -0.114. The maximum absolute atomic E-state index is 6.26. The van der Waals surface area contributed by atoms with Crippen LogP contribution >= 0.6 is 0 Å². The quantitative estimate of drug-likeness (QED) is 0.904. The molecule has 1 fully saturated rings. The fraction of sp³-hybridized carbons (Fsp3) is 0.667. The minimum absolute atomic E-state index is 0.0467. The first-order valence-corrected chi connectivity index (χ1v) is 8.00.